The lowest BCUT2D eigenvalue weighted by Crippen LogP contribution is -2.27. The summed E-state index contributed by atoms with van der Waals surface area (Å²) in [6.45, 7) is -0.105. The van der Waals surface area contributed by atoms with Gasteiger partial charge in [-0.05, 0) is 6.07 Å². The predicted octanol–water partition coefficient (Wildman–Crippen LogP) is 0.222. The van der Waals surface area contributed by atoms with Crippen LogP contribution in [0.1, 0.15) is 0 Å². The molecule has 1 aromatic heterocycles. The Morgan fingerprint density at radius 1 is 1.64 bits per heavy atom. The van der Waals surface area contributed by atoms with Crippen LogP contribution >= 0.6 is 0 Å². The Balaban J connectivity index is 2.71. The molecule has 4 heteroatoms. The average molecular weight is 150 g/mol. The molecule has 0 bridgehead atoms. The van der Waals surface area contributed by atoms with E-state index in [0.717, 1.165) is 0 Å². The first-order valence-corrected chi connectivity index (χ1v) is 3.02. The van der Waals surface area contributed by atoms with E-state index in [1.54, 1.807) is 18.2 Å². The van der Waals surface area contributed by atoms with E-state index in [9.17, 15) is 5.21 Å². The quantitative estimate of drug-likeness (QED) is 0.447. The van der Waals surface area contributed by atoms with Gasteiger partial charge in [-0.3, -0.25) is 0 Å². The van der Waals surface area contributed by atoms with Crippen molar-refractivity contribution in [3.05, 3.63) is 29.6 Å². The minimum atomic E-state index is -0.105. The molecule has 0 N–H and O–H groups in total. The molecule has 1 aromatic rings. The third-order valence-corrected chi connectivity index (χ3v) is 1.07. The Hall–Kier alpha value is -1.76. The van der Waals surface area contributed by atoms with E-state index in [0.29, 0.717) is 4.73 Å². The number of hydrogen-bond donors (Lipinski definition) is 0. The second kappa shape index (κ2) is 3.42. The predicted molar refractivity (Wildman–Crippen MR) is 36.5 cm³/mol. The number of hydrogen-bond acceptors (Lipinski definition) is 3. The van der Waals surface area contributed by atoms with Crippen molar-refractivity contribution in [3.8, 4) is 11.9 Å². The molecule has 0 atom stereocenters. The monoisotopic (exact) mass is 150 g/mol. The molecule has 0 amide bonds. The molecule has 0 aliphatic rings. The molecule has 1 heterocycles. The van der Waals surface area contributed by atoms with Crippen molar-refractivity contribution >= 4 is 0 Å². The van der Waals surface area contributed by atoms with Crippen LogP contribution in [0.15, 0.2) is 24.4 Å². The van der Waals surface area contributed by atoms with Crippen molar-refractivity contribution in [3.63, 3.8) is 0 Å². The fraction of sp³-hybridized carbons (Fsp3) is 0.143. The van der Waals surface area contributed by atoms with E-state index in [-0.39, 0.29) is 12.5 Å². The molecule has 0 fully saturated rings. The summed E-state index contributed by atoms with van der Waals surface area (Å²) < 4.78 is 5.34. The molecule has 4 nitrogen and oxygen atoms in total. The topological polar surface area (TPSA) is 60.0 Å². The van der Waals surface area contributed by atoms with Gasteiger partial charge < -0.3 is 9.94 Å². The summed E-state index contributed by atoms with van der Waals surface area (Å²) in [5.41, 5.74) is 0. The van der Waals surface area contributed by atoms with Crippen LogP contribution in [0.5, 0.6) is 5.88 Å². The maximum atomic E-state index is 10.8. The highest BCUT2D eigenvalue weighted by Gasteiger charge is 2.01. The molecule has 0 aliphatic heterocycles. The first kappa shape index (κ1) is 7.35. The standard InChI is InChI=1S/C7H6N2O2/c8-4-6-11-7-3-1-2-5-9(7)10/h1-3,5H,6H2. The molecule has 1 rings (SSSR count). The van der Waals surface area contributed by atoms with E-state index in [1.165, 1.54) is 12.3 Å². The normalized spacial score (nSPS) is 8.64. The van der Waals surface area contributed by atoms with Gasteiger partial charge in [0.2, 0.25) is 0 Å². The van der Waals surface area contributed by atoms with Gasteiger partial charge >= 0.3 is 5.88 Å². The minimum absolute atomic E-state index is 0.105. The third kappa shape index (κ3) is 1.83. The van der Waals surface area contributed by atoms with Crippen LogP contribution in [0.25, 0.3) is 0 Å². The summed E-state index contributed by atoms with van der Waals surface area (Å²) in [5.74, 6) is 0.147. The Labute approximate surface area is 63.8 Å². The molecule has 0 saturated carbocycles. The van der Waals surface area contributed by atoms with E-state index < -0.39 is 0 Å². The van der Waals surface area contributed by atoms with Crippen molar-refractivity contribution < 1.29 is 9.47 Å². The number of nitrogens with zero attached hydrogens (tertiary/aromatic N) is 2. The second-order valence-electron chi connectivity index (χ2n) is 1.81. The molecule has 0 aromatic carbocycles. The zero-order chi connectivity index (χ0) is 8.10. The number of aromatic nitrogens is 1. The van der Waals surface area contributed by atoms with E-state index in [2.05, 4.69) is 0 Å². The highest BCUT2D eigenvalue weighted by Crippen LogP contribution is 1.99. The molecule has 11 heavy (non-hydrogen) atoms. The van der Waals surface area contributed by atoms with Crippen molar-refractivity contribution in [1.29, 1.82) is 5.26 Å². The lowest BCUT2D eigenvalue weighted by molar-refractivity contribution is -0.612. The molecule has 0 spiro atoms. The van der Waals surface area contributed by atoms with Crippen LogP contribution in [0.2, 0.25) is 0 Å². The number of rotatable bonds is 2. The summed E-state index contributed by atoms with van der Waals surface area (Å²) in [4.78, 5) is 0. The maximum absolute atomic E-state index is 10.8. The third-order valence-electron chi connectivity index (χ3n) is 1.07. The van der Waals surface area contributed by atoms with Gasteiger partial charge in [0.05, 0.1) is 6.07 Å². The van der Waals surface area contributed by atoms with Gasteiger partial charge in [-0.2, -0.15) is 5.26 Å². The summed E-state index contributed by atoms with van der Waals surface area (Å²) in [6, 6.07) is 6.53. The van der Waals surface area contributed by atoms with E-state index in [1.807, 2.05) is 0 Å². The summed E-state index contributed by atoms with van der Waals surface area (Å²) in [5, 5.41) is 18.9. The van der Waals surface area contributed by atoms with Crippen molar-refractivity contribution in [2.45, 2.75) is 0 Å². The van der Waals surface area contributed by atoms with Gasteiger partial charge in [-0.25, -0.2) is 0 Å². The van der Waals surface area contributed by atoms with Crippen LogP contribution in [-0.4, -0.2) is 6.61 Å². The molecule has 0 unspecified atom stereocenters. The second-order valence-corrected chi connectivity index (χ2v) is 1.81. The van der Waals surface area contributed by atoms with Gasteiger partial charge in [0.1, 0.15) is 6.07 Å². The summed E-state index contributed by atoms with van der Waals surface area (Å²) in [7, 11) is 0. The lowest BCUT2D eigenvalue weighted by atomic mass is 10.5. The average Bonchev–Trinajstić information content (AvgIpc) is 2.03. The molecular weight excluding hydrogens is 144 g/mol. The van der Waals surface area contributed by atoms with Gasteiger partial charge in [0, 0.05) is 6.07 Å². The van der Waals surface area contributed by atoms with Crippen molar-refractivity contribution in [2.75, 3.05) is 6.61 Å². The van der Waals surface area contributed by atoms with Crippen LogP contribution in [-0.2, 0) is 0 Å². The Morgan fingerprint density at radius 3 is 3.09 bits per heavy atom. The molecule has 0 aliphatic carbocycles. The summed E-state index contributed by atoms with van der Waals surface area (Å²) in [6.07, 6.45) is 1.31. The van der Waals surface area contributed by atoms with Crippen LogP contribution in [0.4, 0.5) is 0 Å². The Morgan fingerprint density at radius 2 is 2.45 bits per heavy atom. The van der Waals surface area contributed by atoms with Crippen LogP contribution in [0.3, 0.4) is 0 Å². The maximum Gasteiger partial charge on any atom is 0.380 e. The highest BCUT2D eigenvalue weighted by atomic mass is 16.5. The van der Waals surface area contributed by atoms with Crippen LogP contribution in [0, 0.1) is 16.5 Å². The lowest BCUT2D eigenvalue weighted by Gasteiger charge is -2.00. The fourth-order valence-corrected chi connectivity index (χ4v) is 0.631. The molecule has 0 saturated heterocycles. The SMILES string of the molecule is N#CCOc1cccc[n+]1[O-]. The number of nitriles is 1. The zero-order valence-electron chi connectivity index (χ0n) is 5.73. The Bertz CT molecular complexity index is 280. The Kier molecular flexibility index (Phi) is 2.28. The minimum Gasteiger partial charge on any atom is -0.616 e. The van der Waals surface area contributed by atoms with Gasteiger partial charge in [-0.15, -0.1) is 4.73 Å². The van der Waals surface area contributed by atoms with Crippen molar-refractivity contribution in [1.82, 2.24) is 0 Å². The molecule has 0 radical (unpaired) electrons. The largest absolute Gasteiger partial charge is 0.616 e. The molecule has 56 valence electrons. The first-order valence-electron chi connectivity index (χ1n) is 3.02. The molecular formula is C7H6N2O2. The van der Waals surface area contributed by atoms with Gasteiger partial charge in [-0.1, -0.05) is 0 Å². The summed E-state index contributed by atoms with van der Waals surface area (Å²) >= 11 is 0. The zero-order valence-corrected chi connectivity index (χ0v) is 5.73. The fourth-order valence-electron chi connectivity index (χ4n) is 0.631. The van der Waals surface area contributed by atoms with Crippen LogP contribution < -0.4 is 9.47 Å². The highest BCUT2D eigenvalue weighted by molar-refractivity contribution is 5.03. The van der Waals surface area contributed by atoms with E-state index >= 15 is 0 Å². The number of ether oxygens (including phenoxy) is 1. The van der Waals surface area contributed by atoms with Gasteiger partial charge in [0.15, 0.2) is 12.8 Å². The first-order chi connectivity index (χ1) is 5.34. The van der Waals surface area contributed by atoms with E-state index in [4.69, 9.17) is 10.00 Å². The smallest absolute Gasteiger partial charge is 0.380 e. The number of pyridine rings is 1. The van der Waals surface area contributed by atoms with Crippen molar-refractivity contribution in [2.24, 2.45) is 0 Å². The van der Waals surface area contributed by atoms with Gasteiger partial charge in [0.25, 0.3) is 0 Å².